The largest absolute Gasteiger partial charge is 0.309 e. The van der Waals surface area contributed by atoms with E-state index in [2.05, 4.69) is 140 Å². The number of hydrogen-bond donors (Lipinski definition) is 0. The van der Waals surface area contributed by atoms with Gasteiger partial charge in [0.1, 0.15) is 12.1 Å². The van der Waals surface area contributed by atoms with Gasteiger partial charge in [0.25, 0.3) is 0 Å². The lowest BCUT2D eigenvalue weighted by Crippen LogP contribution is -2.11. The fraction of sp³-hybridized carbons (Fsp3) is 0. The molecular formula is C56H32N6. The van der Waals surface area contributed by atoms with Crippen LogP contribution in [0.4, 0.5) is 34.1 Å². The van der Waals surface area contributed by atoms with Crippen molar-refractivity contribution in [1.82, 2.24) is 8.80 Å². The van der Waals surface area contributed by atoms with Crippen molar-refractivity contribution in [2.45, 2.75) is 0 Å². The van der Waals surface area contributed by atoms with Gasteiger partial charge in [-0.1, -0.05) is 109 Å². The summed E-state index contributed by atoms with van der Waals surface area (Å²) in [5.74, 6) is 0. The summed E-state index contributed by atoms with van der Waals surface area (Å²) in [7, 11) is 0. The topological polar surface area (TPSA) is 62.9 Å². The molecule has 4 heterocycles. The lowest BCUT2D eigenvalue weighted by molar-refractivity contribution is 1.27. The van der Waals surface area contributed by atoms with E-state index in [9.17, 15) is 10.5 Å². The predicted molar refractivity (Wildman–Crippen MR) is 255 cm³/mol. The highest BCUT2D eigenvalue weighted by Crippen LogP contribution is 2.47. The van der Waals surface area contributed by atoms with Crippen LogP contribution in [0.25, 0.3) is 76.2 Å². The molecule has 0 saturated carbocycles. The molecule has 0 saturated heterocycles. The molecule has 0 spiro atoms. The third-order valence-electron chi connectivity index (χ3n) is 12.8. The highest BCUT2D eigenvalue weighted by molar-refractivity contribution is 6.29. The molecule has 286 valence electrons. The number of fused-ring (bicyclic) bond motifs is 12. The van der Waals surface area contributed by atoms with Crippen LogP contribution in [0.1, 0.15) is 11.1 Å². The molecule has 0 aliphatic carbocycles. The first-order valence-electron chi connectivity index (χ1n) is 20.7. The second-order valence-corrected chi connectivity index (χ2v) is 16.0. The number of benzene rings is 9. The number of anilines is 6. The molecule has 0 aliphatic rings. The minimum absolute atomic E-state index is 0.613. The molecule has 0 aliphatic heterocycles. The van der Waals surface area contributed by atoms with Crippen molar-refractivity contribution in [2.24, 2.45) is 0 Å². The molecule has 0 radical (unpaired) electrons. The van der Waals surface area contributed by atoms with Crippen molar-refractivity contribution in [2.75, 3.05) is 9.80 Å². The summed E-state index contributed by atoms with van der Waals surface area (Å²) in [5, 5.41) is 30.0. The van der Waals surface area contributed by atoms with Gasteiger partial charge in [-0.3, -0.25) is 0 Å². The van der Waals surface area contributed by atoms with E-state index in [1.807, 2.05) is 84.9 Å². The zero-order valence-electron chi connectivity index (χ0n) is 33.2. The van der Waals surface area contributed by atoms with Gasteiger partial charge < -0.3 is 18.6 Å². The minimum atomic E-state index is 0.613. The van der Waals surface area contributed by atoms with Crippen LogP contribution < -0.4 is 9.80 Å². The quantitative estimate of drug-likeness (QED) is 0.168. The maximum atomic E-state index is 10.2. The summed E-state index contributed by atoms with van der Waals surface area (Å²) in [5.41, 5.74) is 13.8. The lowest BCUT2D eigenvalue weighted by Gasteiger charge is -2.26. The highest BCUT2D eigenvalue weighted by Gasteiger charge is 2.25. The van der Waals surface area contributed by atoms with Crippen molar-refractivity contribution < 1.29 is 0 Å². The van der Waals surface area contributed by atoms with Gasteiger partial charge in [-0.25, -0.2) is 0 Å². The SMILES string of the molecule is N#Cc1ccccc1N(c1ccccc1)c1ccc2c3cccc4c5cc6c(cc5n(c2c1)c34)c1cccc2c3ccc(N(c4ccccc4)c4ccccc4C#N)cc3n6c21. The standard InChI is InChI=1S/C56H32N6/c57-33-35-13-7-9-23-49(35)59(37-15-3-1-4-16-37)39-25-27-41-43-19-11-21-45-47-32-54-48(31-53(47)61(55(43)45)51(41)29-39)46-22-12-20-44-42-28-26-40(30-52(42)62(54)56(44)46)60(38-17-5-2-6-18-38)50-24-10-8-14-36(50)34-58/h1-32H. The van der Waals surface area contributed by atoms with E-state index in [-0.39, 0.29) is 0 Å². The molecule has 6 heteroatoms. The third-order valence-corrected chi connectivity index (χ3v) is 12.8. The Labute approximate surface area is 355 Å². The molecule has 13 rings (SSSR count). The van der Waals surface area contributed by atoms with Crippen LogP contribution in [-0.4, -0.2) is 8.80 Å². The lowest BCUT2D eigenvalue weighted by atomic mass is 10.0. The van der Waals surface area contributed by atoms with Gasteiger partial charge in [-0.2, -0.15) is 10.5 Å². The first-order valence-corrected chi connectivity index (χ1v) is 20.7. The van der Waals surface area contributed by atoms with Crippen molar-refractivity contribution in [1.29, 1.82) is 10.5 Å². The van der Waals surface area contributed by atoms with Crippen LogP contribution >= 0.6 is 0 Å². The Balaban J connectivity index is 1.08. The molecule has 13 aromatic rings. The van der Waals surface area contributed by atoms with Gasteiger partial charge in [0.05, 0.1) is 55.6 Å². The van der Waals surface area contributed by atoms with E-state index in [0.717, 1.165) is 56.2 Å². The summed E-state index contributed by atoms with van der Waals surface area (Å²) in [4.78, 5) is 4.38. The van der Waals surface area contributed by atoms with Gasteiger partial charge >= 0.3 is 0 Å². The Morgan fingerprint density at radius 3 is 1.10 bits per heavy atom. The second-order valence-electron chi connectivity index (χ2n) is 16.0. The third kappa shape index (κ3) is 4.61. The molecule has 0 fully saturated rings. The van der Waals surface area contributed by atoms with Gasteiger partial charge in [0.2, 0.25) is 0 Å². The van der Waals surface area contributed by atoms with E-state index in [0.29, 0.717) is 11.1 Å². The normalized spacial score (nSPS) is 11.8. The van der Waals surface area contributed by atoms with Crippen LogP contribution in [0.2, 0.25) is 0 Å². The maximum absolute atomic E-state index is 10.2. The van der Waals surface area contributed by atoms with E-state index in [1.54, 1.807) is 0 Å². The number of aromatic nitrogens is 2. The van der Waals surface area contributed by atoms with Crippen molar-refractivity contribution >= 4 is 110 Å². The summed E-state index contributed by atoms with van der Waals surface area (Å²) in [6.07, 6.45) is 0. The Morgan fingerprint density at radius 2 is 0.677 bits per heavy atom. The molecule has 0 amide bonds. The zero-order valence-corrected chi connectivity index (χ0v) is 33.2. The minimum Gasteiger partial charge on any atom is -0.309 e. The molecule has 62 heavy (non-hydrogen) atoms. The number of nitrogens with zero attached hydrogens (tertiary/aromatic N) is 6. The van der Waals surface area contributed by atoms with Crippen LogP contribution in [0.5, 0.6) is 0 Å². The summed E-state index contributed by atoms with van der Waals surface area (Å²) < 4.78 is 4.90. The molecule has 6 nitrogen and oxygen atoms in total. The molecule has 0 N–H and O–H groups in total. The van der Waals surface area contributed by atoms with Crippen LogP contribution in [0.3, 0.4) is 0 Å². The molecule has 0 atom stereocenters. The number of hydrogen-bond acceptors (Lipinski definition) is 4. The summed E-state index contributed by atoms with van der Waals surface area (Å²) >= 11 is 0. The van der Waals surface area contributed by atoms with Crippen LogP contribution in [0.15, 0.2) is 194 Å². The van der Waals surface area contributed by atoms with Crippen molar-refractivity contribution in [3.63, 3.8) is 0 Å². The van der Waals surface area contributed by atoms with Crippen molar-refractivity contribution in [3.05, 3.63) is 205 Å². The summed E-state index contributed by atoms with van der Waals surface area (Å²) in [6, 6.07) is 72.6. The van der Waals surface area contributed by atoms with E-state index < -0.39 is 0 Å². The Kier molecular flexibility index (Phi) is 7.05. The smallest absolute Gasteiger partial charge is 0.101 e. The monoisotopic (exact) mass is 788 g/mol. The van der Waals surface area contributed by atoms with Crippen LogP contribution in [0, 0.1) is 22.7 Å². The number of rotatable bonds is 6. The maximum Gasteiger partial charge on any atom is 0.101 e. The number of nitriles is 2. The molecular weight excluding hydrogens is 757 g/mol. The average molecular weight is 789 g/mol. The molecule has 0 unspecified atom stereocenters. The van der Waals surface area contributed by atoms with Gasteiger partial charge in [-0.15, -0.1) is 0 Å². The van der Waals surface area contributed by atoms with E-state index >= 15 is 0 Å². The molecule has 4 aromatic heterocycles. The second kappa shape index (κ2) is 12.8. The van der Waals surface area contributed by atoms with E-state index in [4.69, 9.17) is 0 Å². The van der Waals surface area contributed by atoms with Gasteiger partial charge in [-0.05, 0) is 84.9 Å². The van der Waals surface area contributed by atoms with Gasteiger partial charge in [0, 0.05) is 65.8 Å². The van der Waals surface area contributed by atoms with Gasteiger partial charge in [0.15, 0.2) is 0 Å². The Morgan fingerprint density at radius 1 is 0.306 bits per heavy atom. The summed E-state index contributed by atoms with van der Waals surface area (Å²) in [6.45, 7) is 0. The fourth-order valence-electron chi connectivity index (χ4n) is 10.2. The fourth-order valence-corrected chi connectivity index (χ4v) is 10.2. The first-order chi connectivity index (χ1) is 30.7. The Bertz CT molecular complexity index is 3750. The first kappa shape index (κ1) is 34.1. The van der Waals surface area contributed by atoms with Crippen LogP contribution in [-0.2, 0) is 0 Å². The zero-order chi connectivity index (χ0) is 41.1. The average Bonchev–Trinajstić information content (AvgIpc) is 4.05. The molecule has 0 bridgehead atoms. The van der Waals surface area contributed by atoms with Crippen molar-refractivity contribution in [3.8, 4) is 12.1 Å². The number of para-hydroxylation sites is 6. The molecule has 9 aromatic carbocycles. The highest BCUT2D eigenvalue weighted by atomic mass is 15.2. The Hall–Kier alpha value is -8.84. The van der Waals surface area contributed by atoms with E-state index in [1.165, 1.54) is 54.1 Å². The predicted octanol–water partition coefficient (Wildman–Crippen LogP) is 14.7.